The van der Waals surface area contributed by atoms with Crippen LogP contribution < -0.4 is 26.0 Å². The number of pyridine rings is 1. The summed E-state index contributed by atoms with van der Waals surface area (Å²) in [6, 6.07) is 9.89. The third-order valence-corrected chi connectivity index (χ3v) is 8.04. The molecule has 3 heterocycles. The number of hydrogen-bond acceptors (Lipinski definition) is 9. The molecule has 5 amide bonds. The molecule has 0 radical (unpaired) electrons. The van der Waals surface area contributed by atoms with Crippen molar-refractivity contribution >= 4 is 29.5 Å². The highest BCUT2D eigenvalue weighted by Gasteiger charge is 2.31. The van der Waals surface area contributed by atoms with Crippen molar-refractivity contribution in [2.24, 2.45) is 5.92 Å². The fourth-order valence-corrected chi connectivity index (χ4v) is 5.41. The number of methoxy groups -OCH3 is 1. The molecular weight excluding hydrogens is 630 g/mol. The molecule has 1 aliphatic rings. The van der Waals surface area contributed by atoms with Gasteiger partial charge in [-0.25, -0.2) is 14.6 Å². The molecule has 0 saturated carbocycles. The summed E-state index contributed by atoms with van der Waals surface area (Å²) in [5.41, 5.74) is 1.15. The van der Waals surface area contributed by atoms with Gasteiger partial charge in [-0.1, -0.05) is 44.2 Å². The molecule has 0 saturated heterocycles. The molecule has 15 heteroatoms. The quantitative estimate of drug-likeness (QED) is 0.307. The maximum atomic E-state index is 13.8. The fraction of sp³-hybridized carbons (Fsp3) is 0.471. The number of aryl methyl sites for hydroxylation is 1. The molecule has 2 aromatic heterocycles. The average Bonchev–Trinajstić information content (AvgIpc) is 3.44. The highest BCUT2D eigenvalue weighted by molar-refractivity contribution is 5.94. The summed E-state index contributed by atoms with van der Waals surface area (Å²) in [6.07, 6.45) is 1.94. The van der Waals surface area contributed by atoms with Gasteiger partial charge in [0.25, 0.3) is 5.91 Å². The number of nitrogens with zero attached hydrogens (tertiary/aromatic N) is 5. The normalized spacial score (nSPS) is 20.4. The van der Waals surface area contributed by atoms with Gasteiger partial charge in [0, 0.05) is 44.7 Å². The summed E-state index contributed by atoms with van der Waals surface area (Å²) in [5.74, 6) is -1.04. The second-order valence-corrected chi connectivity index (χ2v) is 12.3. The number of amides is 5. The number of nitrogens with one attached hydrogen (secondary N) is 4. The van der Waals surface area contributed by atoms with E-state index in [1.165, 1.54) is 22.9 Å². The van der Waals surface area contributed by atoms with Gasteiger partial charge in [0.15, 0.2) is 5.82 Å². The number of aromatic nitrogens is 4. The van der Waals surface area contributed by atoms with Crippen LogP contribution in [0.4, 0.5) is 0 Å². The van der Waals surface area contributed by atoms with Gasteiger partial charge in [0.1, 0.15) is 24.5 Å². The van der Waals surface area contributed by atoms with Gasteiger partial charge in [-0.05, 0) is 37.8 Å². The van der Waals surface area contributed by atoms with Gasteiger partial charge >= 0.3 is 0 Å². The molecule has 3 atom stereocenters. The van der Waals surface area contributed by atoms with Gasteiger partial charge < -0.3 is 30.9 Å². The Hall–Kier alpha value is -5.34. The molecule has 49 heavy (non-hydrogen) atoms. The Balaban J connectivity index is 1.61. The Kier molecular flexibility index (Phi) is 12.8. The number of fused-ring (bicyclic) bond motifs is 1. The maximum absolute atomic E-state index is 13.8. The summed E-state index contributed by atoms with van der Waals surface area (Å²) in [6.45, 7) is 7.39. The summed E-state index contributed by atoms with van der Waals surface area (Å²) in [7, 11) is 1.48. The lowest BCUT2D eigenvalue weighted by atomic mass is 10.0. The van der Waals surface area contributed by atoms with Gasteiger partial charge in [-0.3, -0.25) is 24.0 Å². The van der Waals surface area contributed by atoms with Crippen LogP contribution in [0.25, 0.3) is 0 Å². The smallest absolute Gasteiger partial charge is 0.255 e. The van der Waals surface area contributed by atoms with Crippen molar-refractivity contribution in [2.75, 3.05) is 26.7 Å². The molecule has 0 bridgehead atoms. The fourth-order valence-electron chi connectivity index (χ4n) is 5.41. The van der Waals surface area contributed by atoms with E-state index in [1.54, 1.807) is 26.0 Å². The Morgan fingerprint density at radius 1 is 0.980 bits per heavy atom. The molecule has 1 aromatic carbocycles. The third-order valence-electron chi connectivity index (χ3n) is 8.04. The van der Waals surface area contributed by atoms with E-state index in [0.29, 0.717) is 29.5 Å². The Morgan fingerprint density at radius 2 is 1.73 bits per heavy atom. The molecule has 4 rings (SSSR count). The molecule has 0 aliphatic carbocycles. The predicted molar refractivity (Wildman–Crippen MR) is 179 cm³/mol. The van der Waals surface area contributed by atoms with Crippen LogP contribution in [0.3, 0.4) is 0 Å². The molecule has 0 unspecified atom stereocenters. The van der Waals surface area contributed by atoms with Crippen LogP contribution in [0.5, 0.6) is 5.88 Å². The van der Waals surface area contributed by atoms with Gasteiger partial charge in [0.05, 0.1) is 18.7 Å². The largest absolute Gasteiger partial charge is 0.481 e. The van der Waals surface area contributed by atoms with E-state index < -0.39 is 29.9 Å². The minimum absolute atomic E-state index is 0.0348. The first-order chi connectivity index (χ1) is 23.4. The maximum Gasteiger partial charge on any atom is 0.255 e. The van der Waals surface area contributed by atoms with Crippen LogP contribution in [0.2, 0.25) is 0 Å². The molecule has 4 N–H and O–H groups in total. The van der Waals surface area contributed by atoms with Crippen LogP contribution in [0, 0.1) is 12.8 Å². The van der Waals surface area contributed by atoms with Crippen molar-refractivity contribution in [3.05, 3.63) is 71.4 Å². The number of hydrogen-bond donors (Lipinski definition) is 4. The molecule has 0 spiro atoms. The van der Waals surface area contributed by atoms with Crippen molar-refractivity contribution in [3.8, 4) is 5.88 Å². The van der Waals surface area contributed by atoms with Crippen LogP contribution in [-0.4, -0.2) is 93.0 Å². The van der Waals surface area contributed by atoms with E-state index in [9.17, 15) is 24.0 Å². The number of ether oxygens (including phenoxy) is 1. The number of benzene rings is 1. The number of rotatable bonds is 5. The lowest BCUT2D eigenvalue weighted by molar-refractivity contribution is -0.132. The second kappa shape index (κ2) is 17.2. The average molecular weight is 676 g/mol. The summed E-state index contributed by atoms with van der Waals surface area (Å²) >= 11 is 0. The highest BCUT2D eigenvalue weighted by Crippen LogP contribution is 2.21. The Bertz CT molecular complexity index is 1610. The van der Waals surface area contributed by atoms with Crippen molar-refractivity contribution in [1.82, 2.24) is 45.9 Å². The van der Waals surface area contributed by atoms with E-state index >= 15 is 0 Å². The molecule has 262 valence electrons. The first kappa shape index (κ1) is 36.5. The van der Waals surface area contributed by atoms with Crippen LogP contribution in [0.1, 0.15) is 67.2 Å². The molecule has 15 nitrogen and oxygen atoms in total. The van der Waals surface area contributed by atoms with E-state index in [4.69, 9.17) is 4.74 Å². The molecule has 3 aromatic rings. The zero-order chi connectivity index (χ0) is 35.5. The lowest BCUT2D eigenvalue weighted by Gasteiger charge is -2.27. The van der Waals surface area contributed by atoms with Crippen molar-refractivity contribution in [1.29, 1.82) is 0 Å². The van der Waals surface area contributed by atoms with Gasteiger partial charge in [-0.15, -0.1) is 0 Å². The van der Waals surface area contributed by atoms with E-state index in [0.717, 1.165) is 5.56 Å². The van der Waals surface area contributed by atoms with E-state index in [1.807, 2.05) is 44.2 Å². The molecule has 1 aliphatic heterocycles. The van der Waals surface area contributed by atoms with Crippen molar-refractivity contribution in [2.45, 2.75) is 71.6 Å². The van der Waals surface area contributed by atoms with Crippen LogP contribution >= 0.6 is 0 Å². The zero-order valence-corrected chi connectivity index (χ0v) is 28.6. The predicted octanol–water partition coefficient (Wildman–Crippen LogP) is 1.09. The van der Waals surface area contributed by atoms with Crippen molar-refractivity contribution < 1.29 is 28.7 Å². The summed E-state index contributed by atoms with van der Waals surface area (Å²) in [4.78, 5) is 76.8. The van der Waals surface area contributed by atoms with E-state index in [-0.39, 0.29) is 62.7 Å². The topological polar surface area (TPSA) is 190 Å². The standard InChI is InChI=1S/C34H45N9O6/c1-21(2)30-31-38-23(4)41-43(31)20-28(45)35-15-17-42(34(48)25-13-14-29(49-5)36-19-25)16-9-12-27(44)37-22(3)32(46)39-26(33(47)40-30)18-24-10-7-6-8-11-24/h6-8,10-11,13-14,19,21-22,26,30H,9,12,15-18,20H2,1-5H3,(H,35,45)(H,37,44)(H,39,46)(H,40,47)/t22-,26+,30-/m0/s1. The van der Waals surface area contributed by atoms with Crippen molar-refractivity contribution in [3.63, 3.8) is 0 Å². The Morgan fingerprint density at radius 3 is 2.41 bits per heavy atom. The summed E-state index contributed by atoms with van der Waals surface area (Å²) < 4.78 is 6.56. The molecular formula is C34H45N9O6. The second-order valence-electron chi connectivity index (χ2n) is 12.3. The van der Waals surface area contributed by atoms with Crippen LogP contribution in [-0.2, 0) is 32.1 Å². The Labute approximate surface area is 285 Å². The number of carbonyl (C=O) groups excluding carboxylic acids is 5. The minimum atomic E-state index is -0.978. The molecule has 0 fully saturated rings. The first-order valence-corrected chi connectivity index (χ1v) is 16.4. The number of carbonyl (C=O) groups is 5. The highest BCUT2D eigenvalue weighted by atomic mass is 16.5. The third kappa shape index (κ3) is 10.3. The lowest BCUT2D eigenvalue weighted by Crippen LogP contribution is -2.54. The van der Waals surface area contributed by atoms with Gasteiger partial charge in [0.2, 0.25) is 29.5 Å². The van der Waals surface area contributed by atoms with E-state index in [2.05, 4.69) is 36.3 Å². The zero-order valence-electron chi connectivity index (χ0n) is 28.6. The first-order valence-electron chi connectivity index (χ1n) is 16.4. The monoisotopic (exact) mass is 675 g/mol. The summed E-state index contributed by atoms with van der Waals surface area (Å²) in [5, 5.41) is 15.8. The SMILES string of the molecule is COc1ccc(C(=O)N2CCCC(=O)N[C@@H](C)C(=O)N[C@H](Cc3ccccc3)C(=O)N[C@@H](C(C)C)c3nc(C)nn3CC(=O)NCC2)cn1. The van der Waals surface area contributed by atoms with Crippen LogP contribution in [0.15, 0.2) is 48.7 Å². The minimum Gasteiger partial charge on any atom is -0.481 e. The van der Waals surface area contributed by atoms with Gasteiger partial charge in [-0.2, -0.15) is 5.10 Å².